The summed E-state index contributed by atoms with van der Waals surface area (Å²) in [6, 6.07) is 0.298. The van der Waals surface area contributed by atoms with Crippen molar-refractivity contribution >= 4 is 11.8 Å². The molecule has 0 spiro atoms. The SMILES string of the molecule is CCn1ccnc1CC(CSCC(C)C)NN. The van der Waals surface area contributed by atoms with Crippen molar-refractivity contribution in [1.29, 1.82) is 0 Å². The first-order valence-electron chi connectivity index (χ1n) is 6.21. The molecular weight excluding hydrogens is 232 g/mol. The molecule has 0 aliphatic carbocycles. The molecule has 0 fully saturated rings. The predicted molar refractivity (Wildman–Crippen MR) is 74.9 cm³/mol. The molecule has 4 nitrogen and oxygen atoms in total. The maximum Gasteiger partial charge on any atom is 0.110 e. The van der Waals surface area contributed by atoms with Gasteiger partial charge in [-0.25, -0.2) is 4.98 Å². The number of aromatic nitrogens is 2. The molecule has 98 valence electrons. The second kappa shape index (κ2) is 7.74. The zero-order valence-electron chi connectivity index (χ0n) is 11.0. The molecule has 3 N–H and O–H groups in total. The summed E-state index contributed by atoms with van der Waals surface area (Å²) in [5.41, 5.74) is 2.89. The van der Waals surface area contributed by atoms with E-state index < -0.39 is 0 Å². The van der Waals surface area contributed by atoms with Gasteiger partial charge in [-0.15, -0.1) is 0 Å². The molecule has 17 heavy (non-hydrogen) atoms. The van der Waals surface area contributed by atoms with Crippen LogP contribution in [0.3, 0.4) is 0 Å². The van der Waals surface area contributed by atoms with E-state index in [2.05, 4.69) is 35.7 Å². The van der Waals surface area contributed by atoms with E-state index in [9.17, 15) is 0 Å². The van der Waals surface area contributed by atoms with E-state index in [-0.39, 0.29) is 0 Å². The standard InChI is InChI=1S/C12H24N4S/c1-4-16-6-5-14-12(16)7-11(15-13)9-17-8-10(2)3/h5-6,10-11,15H,4,7-9,13H2,1-3H3. The fourth-order valence-electron chi connectivity index (χ4n) is 1.65. The Balaban J connectivity index is 2.41. The number of hydrogen-bond donors (Lipinski definition) is 2. The zero-order valence-corrected chi connectivity index (χ0v) is 11.8. The first-order chi connectivity index (χ1) is 8.17. The average Bonchev–Trinajstić information content (AvgIpc) is 2.74. The molecular formula is C12H24N4S. The quantitative estimate of drug-likeness (QED) is 0.549. The minimum Gasteiger partial charge on any atom is -0.335 e. The Morgan fingerprint density at radius 2 is 2.24 bits per heavy atom. The Labute approximate surface area is 108 Å². The van der Waals surface area contributed by atoms with Crippen molar-refractivity contribution in [2.75, 3.05) is 11.5 Å². The molecule has 1 aromatic rings. The minimum atomic E-state index is 0.298. The van der Waals surface area contributed by atoms with Crippen molar-refractivity contribution in [1.82, 2.24) is 15.0 Å². The Morgan fingerprint density at radius 3 is 2.82 bits per heavy atom. The lowest BCUT2D eigenvalue weighted by atomic mass is 10.2. The van der Waals surface area contributed by atoms with Gasteiger partial charge in [-0.1, -0.05) is 13.8 Å². The fraction of sp³-hybridized carbons (Fsp3) is 0.750. The summed E-state index contributed by atoms with van der Waals surface area (Å²) in [5.74, 6) is 9.66. The highest BCUT2D eigenvalue weighted by Gasteiger charge is 2.11. The summed E-state index contributed by atoms with van der Waals surface area (Å²) in [4.78, 5) is 4.38. The second-order valence-electron chi connectivity index (χ2n) is 4.63. The van der Waals surface area contributed by atoms with Gasteiger partial charge in [0.25, 0.3) is 0 Å². The van der Waals surface area contributed by atoms with Gasteiger partial charge in [0.1, 0.15) is 5.82 Å². The van der Waals surface area contributed by atoms with Gasteiger partial charge >= 0.3 is 0 Å². The van der Waals surface area contributed by atoms with Crippen LogP contribution in [0.1, 0.15) is 26.6 Å². The van der Waals surface area contributed by atoms with Gasteiger partial charge in [0.2, 0.25) is 0 Å². The molecule has 1 rings (SSSR count). The molecule has 1 aromatic heterocycles. The van der Waals surface area contributed by atoms with E-state index in [0.29, 0.717) is 6.04 Å². The number of hydrogen-bond acceptors (Lipinski definition) is 4. The van der Waals surface area contributed by atoms with Crippen molar-refractivity contribution in [3.05, 3.63) is 18.2 Å². The van der Waals surface area contributed by atoms with E-state index >= 15 is 0 Å². The van der Waals surface area contributed by atoms with Gasteiger partial charge in [0, 0.05) is 37.2 Å². The first kappa shape index (κ1) is 14.5. The third kappa shape index (κ3) is 5.10. The summed E-state index contributed by atoms with van der Waals surface area (Å²) < 4.78 is 2.16. The number of nitrogens with two attached hydrogens (primary N) is 1. The minimum absolute atomic E-state index is 0.298. The smallest absolute Gasteiger partial charge is 0.110 e. The monoisotopic (exact) mass is 256 g/mol. The number of nitrogens with zero attached hydrogens (tertiary/aromatic N) is 2. The van der Waals surface area contributed by atoms with Crippen LogP contribution in [-0.4, -0.2) is 27.1 Å². The van der Waals surface area contributed by atoms with Crippen molar-refractivity contribution in [3.8, 4) is 0 Å². The summed E-state index contributed by atoms with van der Waals surface area (Å²) >= 11 is 1.95. The summed E-state index contributed by atoms with van der Waals surface area (Å²) in [6.45, 7) is 7.57. The van der Waals surface area contributed by atoms with Crippen LogP contribution in [0.5, 0.6) is 0 Å². The number of imidazole rings is 1. The molecule has 0 radical (unpaired) electrons. The van der Waals surface area contributed by atoms with Crippen LogP contribution in [0, 0.1) is 5.92 Å². The number of thioether (sulfide) groups is 1. The first-order valence-corrected chi connectivity index (χ1v) is 7.36. The Hall–Kier alpha value is -0.520. The molecule has 0 aromatic carbocycles. The van der Waals surface area contributed by atoms with Crippen molar-refractivity contribution in [3.63, 3.8) is 0 Å². The predicted octanol–water partition coefficient (Wildman–Crippen LogP) is 1.67. The van der Waals surface area contributed by atoms with E-state index in [0.717, 1.165) is 30.5 Å². The second-order valence-corrected chi connectivity index (χ2v) is 5.70. The van der Waals surface area contributed by atoms with E-state index in [1.165, 1.54) is 5.75 Å². The van der Waals surface area contributed by atoms with E-state index in [1.54, 1.807) is 0 Å². The number of nitrogens with one attached hydrogen (secondary N) is 1. The van der Waals surface area contributed by atoms with Crippen molar-refractivity contribution in [2.45, 2.75) is 39.8 Å². The summed E-state index contributed by atoms with van der Waals surface area (Å²) in [5, 5.41) is 0. The molecule has 5 heteroatoms. The van der Waals surface area contributed by atoms with Gasteiger partial charge in [0.05, 0.1) is 0 Å². The molecule has 1 heterocycles. The Morgan fingerprint density at radius 1 is 1.47 bits per heavy atom. The van der Waals surface area contributed by atoms with Crippen LogP contribution in [-0.2, 0) is 13.0 Å². The maximum atomic E-state index is 5.60. The fourth-order valence-corrected chi connectivity index (χ4v) is 2.76. The van der Waals surface area contributed by atoms with Crippen LogP contribution < -0.4 is 11.3 Å². The van der Waals surface area contributed by atoms with Gasteiger partial charge in [-0.05, 0) is 18.6 Å². The molecule has 0 bridgehead atoms. The van der Waals surface area contributed by atoms with Crippen LogP contribution in [0.15, 0.2) is 12.4 Å². The number of rotatable bonds is 8. The lowest BCUT2D eigenvalue weighted by Crippen LogP contribution is -2.39. The highest BCUT2D eigenvalue weighted by molar-refractivity contribution is 7.99. The maximum absolute atomic E-state index is 5.60. The highest BCUT2D eigenvalue weighted by atomic mass is 32.2. The highest BCUT2D eigenvalue weighted by Crippen LogP contribution is 2.11. The largest absolute Gasteiger partial charge is 0.335 e. The Bertz CT molecular complexity index is 311. The number of hydrazine groups is 1. The third-order valence-corrected chi connectivity index (χ3v) is 4.12. The van der Waals surface area contributed by atoms with Crippen LogP contribution >= 0.6 is 11.8 Å². The zero-order chi connectivity index (χ0) is 12.7. The third-order valence-electron chi connectivity index (χ3n) is 2.58. The normalized spacial score (nSPS) is 13.2. The van der Waals surface area contributed by atoms with Gasteiger partial charge in [-0.3, -0.25) is 11.3 Å². The topological polar surface area (TPSA) is 55.9 Å². The van der Waals surface area contributed by atoms with Crippen LogP contribution in [0.25, 0.3) is 0 Å². The van der Waals surface area contributed by atoms with E-state index in [1.807, 2.05) is 24.2 Å². The molecule has 0 amide bonds. The molecule has 1 atom stereocenters. The molecule has 0 aliphatic heterocycles. The summed E-state index contributed by atoms with van der Waals surface area (Å²) in [7, 11) is 0. The van der Waals surface area contributed by atoms with Crippen molar-refractivity contribution in [2.24, 2.45) is 11.8 Å². The molecule has 0 saturated heterocycles. The van der Waals surface area contributed by atoms with Gasteiger partial charge < -0.3 is 4.57 Å². The van der Waals surface area contributed by atoms with Crippen LogP contribution in [0.4, 0.5) is 0 Å². The number of aryl methyl sites for hydroxylation is 1. The van der Waals surface area contributed by atoms with Crippen LogP contribution in [0.2, 0.25) is 0 Å². The molecule has 0 aliphatic rings. The molecule has 1 unspecified atom stereocenters. The lowest BCUT2D eigenvalue weighted by molar-refractivity contribution is 0.543. The Kier molecular flexibility index (Phi) is 6.62. The van der Waals surface area contributed by atoms with Gasteiger partial charge in [-0.2, -0.15) is 11.8 Å². The average molecular weight is 256 g/mol. The summed E-state index contributed by atoms with van der Waals surface area (Å²) in [6.07, 6.45) is 4.76. The van der Waals surface area contributed by atoms with E-state index in [4.69, 9.17) is 5.84 Å². The van der Waals surface area contributed by atoms with Crippen molar-refractivity contribution < 1.29 is 0 Å². The van der Waals surface area contributed by atoms with Gasteiger partial charge in [0.15, 0.2) is 0 Å². The lowest BCUT2D eigenvalue weighted by Gasteiger charge is -2.16. The molecule has 0 saturated carbocycles.